The van der Waals surface area contributed by atoms with Gasteiger partial charge in [0.25, 0.3) is 0 Å². The lowest BCUT2D eigenvalue weighted by atomic mass is 9.78. The van der Waals surface area contributed by atoms with Crippen LogP contribution in [0.4, 0.5) is 0 Å². The molecule has 23 heavy (non-hydrogen) atoms. The molecule has 3 nitrogen and oxygen atoms in total. The van der Waals surface area contributed by atoms with Gasteiger partial charge in [0.05, 0.1) is 14.2 Å². The molecule has 0 spiro atoms. The van der Waals surface area contributed by atoms with Crippen LogP contribution in [0.25, 0.3) is 0 Å². The van der Waals surface area contributed by atoms with Crippen molar-refractivity contribution < 1.29 is 14.3 Å². The first kappa shape index (κ1) is 17.8. The average Bonchev–Trinajstić information content (AvgIpc) is 2.81. The summed E-state index contributed by atoms with van der Waals surface area (Å²) in [5, 5.41) is 0. The number of hydrogen-bond acceptors (Lipinski definition) is 3. The zero-order valence-corrected chi connectivity index (χ0v) is 15.0. The molecule has 0 saturated heterocycles. The summed E-state index contributed by atoms with van der Waals surface area (Å²) in [4.78, 5) is 11.9. The van der Waals surface area contributed by atoms with E-state index in [2.05, 4.69) is 6.07 Å². The SMILES string of the molecule is COc1cc(C(CC(C)=O)C2CCCCCC2)c(OC)cc1C. The fraction of sp³-hybridized carbons (Fsp3) is 0.650. The highest BCUT2D eigenvalue weighted by atomic mass is 16.5. The Kier molecular flexibility index (Phi) is 6.49. The molecule has 3 heteroatoms. The van der Waals surface area contributed by atoms with Crippen LogP contribution in [0.5, 0.6) is 11.5 Å². The monoisotopic (exact) mass is 318 g/mol. The quantitative estimate of drug-likeness (QED) is 0.689. The average molecular weight is 318 g/mol. The van der Waals surface area contributed by atoms with E-state index in [1.807, 2.05) is 13.0 Å². The molecule has 1 saturated carbocycles. The molecular formula is C20H30O3. The van der Waals surface area contributed by atoms with Gasteiger partial charge in [-0.15, -0.1) is 0 Å². The maximum atomic E-state index is 11.9. The number of hydrogen-bond donors (Lipinski definition) is 0. The van der Waals surface area contributed by atoms with Gasteiger partial charge in [0.2, 0.25) is 0 Å². The van der Waals surface area contributed by atoms with E-state index in [1.165, 1.54) is 38.5 Å². The van der Waals surface area contributed by atoms with Gasteiger partial charge in [0.1, 0.15) is 17.3 Å². The zero-order valence-electron chi connectivity index (χ0n) is 15.0. The number of benzene rings is 1. The second-order valence-corrected chi connectivity index (χ2v) is 6.83. The van der Waals surface area contributed by atoms with Gasteiger partial charge in [-0.2, -0.15) is 0 Å². The lowest BCUT2D eigenvalue weighted by Crippen LogP contribution is -2.17. The minimum absolute atomic E-state index is 0.232. The lowest BCUT2D eigenvalue weighted by molar-refractivity contribution is -0.117. The van der Waals surface area contributed by atoms with E-state index in [4.69, 9.17) is 9.47 Å². The zero-order chi connectivity index (χ0) is 16.8. The number of carbonyl (C=O) groups excluding carboxylic acids is 1. The Hall–Kier alpha value is -1.51. The van der Waals surface area contributed by atoms with Crippen molar-refractivity contribution in [3.05, 3.63) is 23.3 Å². The summed E-state index contributed by atoms with van der Waals surface area (Å²) in [5.41, 5.74) is 2.20. The lowest BCUT2D eigenvalue weighted by Gasteiger charge is -2.28. The summed E-state index contributed by atoms with van der Waals surface area (Å²) in [5.74, 6) is 2.81. The van der Waals surface area contributed by atoms with Gasteiger partial charge in [0, 0.05) is 12.0 Å². The molecule has 0 aromatic heterocycles. The summed E-state index contributed by atoms with van der Waals surface area (Å²) in [7, 11) is 3.41. The van der Waals surface area contributed by atoms with Crippen LogP contribution >= 0.6 is 0 Å². The molecular weight excluding hydrogens is 288 g/mol. The van der Waals surface area contributed by atoms with E-state index in [0.717, 1.165) is 22.6 Å². The van der Waals surface area contributed by atoms with Crippen molar-refractivity contribution in [2.24, 2.45) is 5.92 Å². The summed E-state index contributed by atoms with van der Waals surface area (Å²) in [6, 6.07) is 4.13. The highest BCUT2D eigenvalue weighted by molar-refractivity contribution is 5.76. The highest BCUT2D eigenvalue weighted by Gasteiger charge is 2.28. The van der Waals surface area contributed by atoms with Crippen LogP contribution in [-0.4, -0.2) is 20.0 Å². The number of ether oxygens (including phenoxy) is 2. The molecule has 1 aromatic rings. The number of rotatable bonds is 6. The van der Waals surface area contributed by atoms with Crippen LogP contribution in [0.2, 0.25) is 0 Å². The van der Waals surface area contributed by atoms with Crippen molar-refractivity contribution in [1.29, 1.82) is 0 Å². The number of ketones is 1. The third-order valence-corrected chi connectivity index (χ3v) is 5.12. The highest BCUT2D eigenvalue weighted by Crippen LogP contribution is 2.43. The van der Waals surface area contributed by atoms with Crippen LogP contribution in [0.15, 0.2) is 12.1 Å². The van der Waals surface area contributed by atoms with Crippen molar-refractivity contribution >= 4 is 5.78 Å². The molecule has 2 rings (SSSR count). The second kappa shape index (κ2) is 8.37. The Bertz CT molecular complexity index is 528. The van der Waals surface area contributed by atoms with E-state index < -0.39 is 0 Å². The maximum Gasteiger partial charge on any atom is 0.130 e. The first-order valence-corrected chi connectivity index (χ1v) is 8.78. The molecule has 0 aliphatic heterocycles. The fourth-order valence-electron chi connectivity index (χ4n) is 3.92. The number of methoxy groups -OCH3 is 2. The molecule has 128 valence electrons. The number of carbonyl (C=O) groups is 1. The van der Waals surface area contributed by atoms with Crippen molar-refractivity contribution in [3.63, 3.8) is 0 Å². The Morgan fingerprint density at radius 2 is 1.70 bits per heavy atom. The van der Waals surface area contributed by atoms with Gasteiger partial charge in [-0.25, -0.2) is 0 Å². The summed E-state index contributed by atoms with van der Waals surface area (Å²) >= 11 is 0. The summed E-state index contributed by atoms with van der Waals surface area (Å²) < 4.78 is 11.2. The van der Waals surface area contributed by atoms with Crippen molar-refractivity contribution in [1.82, 2.24) is 0 Å². The fourth-order valence-corrected chi connectivity index (χ4v) is 3.92. The standard InChI is InChI=1S/C20H30O3/c1-14-11-20(23-4)18(13-19(14)22-3)17(12-15(2)21)16-9-7-5-6-8-10-16/h11,13,16-17H,5-10,12H2,1-4H3. The van der Waals surface area contributed by atoms with Crippen molar-refractivity contribution in [2.75, 3.05) is 14.2 Å². The molecule has 0 N–H and O–H groups in total. The third-order valence-electron chi connectivity index (χ3n) is 5.12. The number of aryl methyl sites for hydroxylation is 1. The molecule has 0 heterocycles. The molecule has 1 aromatic carbocycles. The molecule has 0 amide bonds. The Morgan fingerprint density at radius 3 is 2.22 bits per heavy atom. The Morgan fingerprint density at radius 1 is 1.09 bits per heavy atom. The van der Waals surface area contributed by atoms with E-state index in [0.29, 0.717) is 12.3 Å². The summed E-state index contributed by atoms with van der Waals surface area (Å²) in [6.07, 6.45) is 8.17. The Balaban J connectivity index is 2.42. The van der Waals surface area contributed by atoms with Crippen molar-refractivity contribution in [2.45, 2.75) is 64.7 Å². The van der Waals surface area contributed by atoms with Crippen LogP contribution in [0, 0.1) is 12.8 Å². The summed E-state index contributed by atoms with van der Waals surface area (Å²) in [6.45, 7) is 3.72. The van der Waals surface area contributed by atoms with Crippen LogP contribution in [0.3, 0.4) is 0 Å². The van der Waals surface area contributed by atoms with Gasteiger partial charge in [0.15, 0.2) is 0 Å². The van der Waals surface area contributed by atoms with Crippen LogP contribution in [-0.2, 0) is 4.79 Å². The van der Waals surface area contributed by atoms with Gasteiger partial charge < -0.3 is 14.3 Å². The minimum Gasteiger partial charge on any atom is -0.496 e. The van der Waals surface area contributed by atoms with E-state index in [1.54, 1.807) is 21.1 Å². The van der Waals surface area contributed by atoms with Gasteiger partial charge in [-0.3, -0.25) is 0 Å². The van der Waals surface area contributed by atoms with Gasteiger partial charge >= 0.3 is 0 Å². The predicted octanol–water partition coefficient (Wildman–Crippen LogP) is 5.05. The molecule has 1 aliphatic carbocycles. The van der Waals surface area contributed by atoms with E-state index in [9.17, 15) is 4.79 Å². The first-order chi connectivity index (χ1) is 11.1. The van der Waals surface area contributed by atoms with E-state index in [-0.39, 0.29) is 11.7 Å². The molecule has 1 aliphatic rings. The Labute approximate surface area is 140 Å². The minimum atomic E-state index is 0.232. The molecule has 1 fully saturated rings. The first-order valence-electron chi connectivity index (χ1n) is 8.78. The van der Waals surface area contributed by atoms with Crippen LogP contribution < -0.4 is 9.47 Å². The molecule has 0 radical (unpaired) electrons. The third kappa shape index (κ3) is 4.49. The maximum absolute atomic E-state index is 11.9. The van der Waals surface area contributed by atoms with Crippen LogP contribution in [0.1, 0.15) is 68.9 Å². The van der Waals surface area contributed by atoms with Crippen molar-refractivity contribution in [3.8, 4) is 11.5 Å². The largest absolute Gasteiger partial charge is 0.496 e. The second-order valence-electron chi connectivity index (χ2n) is 6.83. The molecule has 1 atom stereocenters. The molecule has 1 unspecified atom stereocenters. The topological polar surface area (TPSA) is 35.5 Å². The number of Topliss-reactive ketones (excluding diaryl/α,β-unsaturated/α-hetero) is 1. The molecule has 0 bridgehead atoms. The van der Waals surface area contributed by atoms with Gasteiger partial charge in [-0.05, 0) is 56.2 Å². The van der Waals surface area contributed by atoms with Gasteiger partial charge in [-0.1, -0.05) is 25.7 Å². The normalized spacial score (nSPS) is 17.4. The van der Waals surface area contributed by atoms with E-state index >= 15 is 0 Å². The smallest absolute Gasteiger partial charge is 0.130 e. The predicted molar refractivity (Wildman–Crippen MR) is 93.5 cm³/mol.